The van der Waals surface area contributed by atoms with E-state index in [-0.39, 0.29) is 22.3 Å². The minimum Gasteiger partial charge on any atom is -0.475 e. The first-order valence-electron chi connectivity index (χ1n) is 12.3. The fourth-order valence-electron chi connectivity index (χ4n) is 3.62. The number of carbonyl (C=O) groups is 2. The van der Waals surface area contributed by atoms with Crippen LogP contribution in [0, 0.1) is 0 Å². The molecular weight excluding hydrogens is 537 g/mol. The van der Waals surface area contributed by atoms with E-state index in [0.717, 1.165) is 37.4 Å². The van der Waals surface area contributed by atoms with E-state index in [9.17, 15) is 26.4 Å². The Labute approximate surface area is 226 Å². The predicted octanol–water partition coefficient (Wildman–Crippen LogP) is 3.97. The van der Waals surface area contributed by atoms with Crippen LogP contribution in [-0.2, 0) is 20.2 Å². The van der Waals surface area contributed by atoms with E-state index >= 15 is 0 Å². The summed E-state index contributed by atoms with van der Waals surface area (Å²) in [5.74, 6) is -2.99. The summed E-state index contributed by atoms with van der Waals surface area (Å²) in [6.07, 6.45) is -5.08. The van der Waals surface area contributed by atoms with Gasteiger partial charge in [-0.3, -0.25) is 9.52 Å². The van der Waals surface area contributed by atoms with Gasteiger partial charge in [0.25, 0.3) is 15.9 Å². The van der Waals surface area contributed by atoms with Gasteiger partial charge in [0.2, 0.25) is 0 Å². The first-order valence-corrected chi connectivity index (χ1v) is 13.7. The third-order valence-electron chi connectivity index (χ3n) is 5.65. The maximum atomic E-state index is 13.2. The van der Waals surface area contributed by atoms with Crippen molar-refractivity contribution in [1.29, 1.82) is 0 Å². The number of amides is 1. The van der Waals surface area contributed by atoms with Crippen LogP contribution in [0.1, 0.15) is 50.5 Å². The molecule has 1 aliphatic rings. The van der Waals surface area contributed by atoms with Gasteiger partial charge in [-0.25, -0.2) is 13.2 Å². The van der Waals surface area contributed by atoms with Crippen molar-refractivity contribution in [2.24, 2.45) is 0 Å². The van der Waals surface area contributed by atoms with Gasteiger partial charge in [-0.2, -0.15) is 13.2 Å². The molecule has 216 valence electrons. The van der Waals surface area contributed by atoms with Gasteiger partial charge in [0.15, 0.2) is 0 Å². The molecule has 0 saturated carbocycles. The van der Waals surface area contributed by atoms with Crippen LogP contribution >= 0.6 is 0 Å². The molecule has 1 aliphatic heterocycles. The molecule has 2 aromatic rings. The lowest BCUT2D eigenvalue weighted by atomic mass is 9.87. The second-order valence-electron chi connectivity index (χ2n) is 10.3. The average molecular weight is 573 g/mol. The largest absolute Gasteiger partial charge is 0.490 e. The van der Waals surface area contributed by atoms with E-state index in [1.54, 1.807) is 24.3 Å². The Kier molecular flexibility index (Phi) is 10.4. The number of nitrogens with zero attached hydrogens (tertiary/aromatic N) is 1. The first kappa shape index (κ1) is 31.9. The van der Waals surface area contributed by atoms with E-state index in [4.69, 9.17) is 9.90 Å². The highest BCUT2D eigenvalue weighted by Crippen LogP contribution is 2.31. The number of sulfonamides is 1. The molecular formula is C26H35F3N4O5S. The van der Waals surface area contributed by atoms with Crippen LogP contribution < -0.4 is 20.3 Å². The molecule has 0 aromatic heterocycles. The summed E-state index contributed by atoms with van der Waals surface area (Å²) in [7, 11) is -3.83. The van der Waals surface area contributed by atoms with E-state index in [1.165, 1.54) is 0 Å². The van der Waals surface area contributed by atoms with Crippen molar-refractivity contribution in [3.8, 4) is 0 Å². The van der Waals surface area contributed by atoms with Crippen molar-refractivity contribution in [3.05, 3.63) is 53.6 Å². The van der Waals surface area contributed by atoms with E-state index in [2.05, 4.69) is 41.0 Å². The molecule has 0 bridgehead atoms. The van der Waals surface area contributed by atoms with Crippen molar-refractivity contribution >= 4 is 33.3 Å². The molecule has 0 spiro atoms. The average Bonchev–Trinajstić information content (AvgIpc) is 2.83. The standard InChI is InChI=1S/C24H34N4O3S.C2HF3O2/c1-17(2)26-23(29)18-6-11-22(28-14-12-25-13-15-28)21(16-18)27-32(30,31)20-9-7-19(8-10-20)24(3,4)5;3-2(4,5)1(6)7/h6-11,16-17,25,27H,12-15H2,1-5H3,(H,26,29);(H,6,7). The highest BCUT2D eigenvalue weighted by atomic mass is 32.2. The monoisotopic (exact) mass is 572 g/mol. The molecule has 1 amide bonds. The fraction of sp³-hybridized carbons (Fsp3) is 0.462. The van der Waals surface area contributed by atoms with Gasteiger partial charge < -0.3 is 20.6 Å². The van der Waals surface area contributed by atoms with Crippen LogP contribution in [0.4, 0.5) is 24.5 Å². The number of piperazine rings is 1. The number of carboxylic acids is 1. The van der Waals surface area contributed by atoms with E-state index in [1.807, 2.05) is 32.0 Å². The molecule has 3 rings (SSSR count). The highest BCUT2D eigenvalue weighted by Gasteiger charge is 2.38. The van der Waals surface area contributed by atoms with Gasteiger partial charge in [0.05, 0.1) is 16.3 Å². The van der Waals surface area contributed by atoms with Crippen molar-refractivity contribution in [2.45, 2.75) is 57.1 Å². The van der Waals surface area contributed by atoms with Gasteiger partial charge in [-0.15, -0.1) is 0 Å². The Hall–Kier alpha value is -3.32. The molecule has 39 heavy (non-hydrogen) atoms. The smallest absolute Gasteiger partial charge is 0.475 e. The molecule has 1 saturated heterocycles. The van der Waals surface area contributed by atoms with Crippen LogP contribution in [0.15, 0.2) is 47.4 Å². The summed E-state index contributed by atoms with van der Waals surface area (Å²) in [4.78, 5) is 23.8. The molecule has 0 unspecified atom stereocenters. The van der Waals surface area contributed by atoms with Crippen LogP contribution in [0.2, 0.25) is 0 Å². The zero-order chi connectivity index (χ0) is 29.6. The van der Waals surface area contributed by atoms with E-state index < -0.39 is 22.2 Å². The molecule has 0 atom stereocenters. The van der Waals surface area contributed by atoms with Gasteiger partial charge in [-0.05, 0) is 55.2 Å². The zero-order valence-corrected chi connectivity index (χ0v) is 23.3. The molecule has 13 heteroatoms. The summed E-state index contributed by atoms with van der Waals surface area (Å²) in [6.45, 7) is 13.2. The van der Waals surface area contributed by atoms with Crippen LogP contribution in [-0.4, -0.2) is 63.8 Å². The minimum absolute atomic E-state index is 0.0168. The van der Waals surface area contributed by atoms with Gasteiger partial charge >= 0.3 is 12.1 Å². The molecule has 0 aliphatic carbocycles. The summed E-state index contributed by atoms with van der Waals surface area (Å²) < 4.78 is 60.9. The van der Waals surface area contributed by atoms with Crippen LogP contribution in [0.25, 0.3) is 0 Å². The number of alkyl halides is 3. The number of halogens is 3. The number of carbonyl (C=O) groups excluding carboxylic acids is 1. The number of hydrogen-bond donors (Lipinski definition) is 4. The van der Waals surface area contributed by atoms with Crippen molar-refractivity contribution in [1.82, 2.24) is 10.6 Å². The fourth-order valence-corrected chi connectivity index (χ4v) is 4.69. The number of rotatable bonds is 6. The lowest BCUT2D eigenvalue weighted by Crippen LogP contribution is -2.43. The molecule has 0 radical (unpaired) electrons. The third kappa shape index (κ3) is 9.43. The van der Waals surface area contributed by atoms with E-state index in [0.29, 0.717) is 11.3 Å². The Morgan fingerprint density at radius 1 is 1.00 bits per heavy atom. The minimum atomic E-state index is -5.08. The summed E-state index contributed by atoms with van der Waals surface area (Å²) in [5.41, 5.74) is 2.58. The van der Waals surface area contributed by atoms with Gasteiger partial charge in [0.1, 0.15) is 0 Å². The molecule has 9 nitrogen and oxygen atoms in total. The van der Waals surface area contributed by atoms with Crippen molar-refractivity contribution in [3.63, 3.8) is 0 Å². The number of hydrogen-bond acceptors (Lipinski definition) is 6. The summed E-state index contributed by atoms with van der Waals surface area (Å²) >= 11 is 0. The SMILES string of the molecule is CC(C)NC(=O)c1ccc(N2CCNCC2)c(NS(=O)(=O)c2ccc(C(C)(C)C)cc2)c1.O=C(O)C(F)(F)F. The normalized spacial score (nSPS) is 14.3. The Morgan fingerprint density at radius 3 is 2.00 bits per heavy atom. The van der Waals surface area contributed by atoms with Gasteiger partial charge in [-0.1, -0.05) is 32.9 Å². The van der Waals surface area contributed by atoms with Gasteiger partial charge in [0, 0.05) is 37.8 Å². The maximum absolute atomic E-state index is 13.2. The number of anilines is 2. The number of aliphatic carboxylic acids is 1. The Morgan fingerprint density at radius 2 is 1.54 bits per heavy atom. The molecule has 1 heterocycles. The quantitative estimate of drug-likeness (QED) is 0.413. The number of carboxylic acid groups (broad SMARTS) is 1. The second kappa shape index (κ2) is 12.7. The maximum Gasteiger partial charge on any atom is 0.490 e. The van der Waals surface area contributed by atoms with Crippen LogP contribution in [0.3, 0.4) is 0 Å². The first-order chi connectivity index (χ1) is 17.9. The van der Waals surface area contributed by atoms with Crippen molar-refractivity contribution in [2.75, 3.05) is 35.8 Å². The predicted molar refractivity (Wildman–Crippen MR) is 144 cm³/mol. The third-order valence-corrected chi connectivity index (χ3v) is 7.04. The summed E-state index contributed by atoms with van der Waals surface area (Å²) in [6, 6.07) is 12.1. The number of nitrogens with one attached hydrogen (secondary N) is 3. The highest BCUT2D eigenvalue weighted by molar-refractivity contribution is 7.92. The van der Waals surface area contributed by atoms with Crippen molar-refractivity contribution < 1.29 is 36.3 Å². The lowest BCUT2D eigenvalue weighted by Gasteiger charge is -2.31. The Balaban J connectivity index is 0.000000673. The topological polar surface area (TPSA) is 128 Å². The Bertz CT molecular complexity index is 1250. The molecule has 4 N–H and O–H groups in total. The molecule has 1 fully saturated rings. The second-order valence-corrected chi connectivity index (χ2v) is 12.0. The zero-order valence-electron chi connectivity index (χ0n) is 22.5. The van der Waals surface area contributed by atoms with Crippen LogP contribution in [0.5, 0.6) is 0 Å². The summed E-state index contributed by atoms with van der Waals surface area (Å²) in [5, 5.41) is 13.3. The molecule has 2 aromatic carbocycles. The lowest BCUT2D eigenvalue weighted by molar-refractivity contribution is -0.192. The number of benzene rings is 2.